The van der Waals surface area contributed by atoms with Gasteiger partial charge < -0.3 is 0 Å². The molecule has 0 heterocycles. The van der Waals surface area contributed by atoms with Gasteiger partial charge in [-0.3, -0.25) is 0 Å². The van der Waals surface area contributed by atoms with Gasteiger partial charge in [-0.2, -0.15) is 5.26 Å². The first-order valence-corrected chi connectivity index (χ1v) is 5.92. The molecular formula is C12H12FNS. The highest BCUT2D eigenvalue weighted by atomic mass is 32.2. The van der Waals surface area contributed by atoms with Crippen LogP contribution in [0.25, 0.3) is 0 Å². The third-order valence-electron chi connectivity index (χ3n) is 2.76. The van der Waals surface area contributed by atoms with Crippen LogP contribution in [0.4, 0.5) is 4.39 Å². The molecule has 2 rings (SSSR count). The number of nitrogens with zero attached hydrogens (tertiary/aromatic N) is 1. The highest BCUT2D eigenvalue weighted by Gasteiger charge is 2.35. The summed E-state index contributed by atoms with van der Waals surface area (Å²) >= 11 is 1.39. The molecule has 0 aromatic heterocycles. The zero-order valence-electron chi connectivity index (χ0n) is 8.37. The van der Waals surface area contributed by atoms with Gasteiger partial charge >= 0.3 is 0 Å². The fraction of sp³-hybridized carbons (Fsp3) is 0.417. The summed E-state index contributed by atoms with van der Waals surface area (Å²) in [5.41, 5.74) is 0. The van der Waals surface area contributed by atoms with Crippen LogP contribution in [0, 0.1) is 17.1 Å². The van der Waals surface area contributed by atoms with E-state index in [1.54, 1.807) is 12.1 Å². The number of rotatable bonds is 2. The molecule has 0 unspecified atom stereocenters. The zero-order valence-corrected chi connectivity index (χ0v) is 9.19. The lowest BCUT2D eigenvalue weighted by Gasteiger charge is -2.19. The predicted molar refractivity (Wildman–Crippen MR) is 59.1 cm³/mol. The fourth-order valence-corrected chi connectivity index (χ4v) is 3.19. The van der Waals surface area contributed by atoms with E-state index in [0.29, 0.717) is 4.90 Å². The third kappa shape index (κ3) is 2.15. The largest absolute Gasteiger partial charge is 0.206 e. The van der Waals surface area contributed by atoms with E-state index < -0.39 is 0 Å². The van der Waals surface area contributed by atoms with Gasteiger partial charge in [-0.25, -0.2) is 4.39 Å². The second kappa shape index (κ2) is 4.24. The quantitative estimate of drug-likeness (QED) is 0.759. The lowest BCUT2D eigenvalue weighted by atomic mass is 10.1. The molecule has 15 heavy (non-hydrogen) atoms. The molecule has 1 saturated carbocycles. The van der Waals surface area contributed by atoms with Crippen molar-refractivity contribution in [2.24, 2.45) is 0 Å². The van der Waals surface area contributed by atoms with Gasteiger partial charge in [0.1, 0.15) is 10.6 Å². The van der Waals surface area contributed by atoms with Crippen LogP contribution in [-0.2, 0) is 0 Å². The van der Waals surface area contributed by atoms with E-state index in [4.69, 9.17) is 0 Å². The molecule has 0 radical (unpaired) electrons. The topological polar surface area (TPSA) is 23.8 Å². The lowest BCUT2D eigenvalue weighted by Crippen LogP contribution is -2.16. The van der Waals surface area contributed by atoms with Crippen LogP contribution in [0.5, 0.6) is 0 Å². The summed E-state index contributed by atoms with van der Waals surface area (Å²) in [6.45, 7) is 0. The molecule has 3 heteroatoms. The minimum atomic E-state index is -0.387. The normalized spacial score (nSPS) is 18.7. The van der Waals surface area contributed by atoms with Gasteiger partial charge in [-0.1, -0.05) is 25.0 Å². The average Bonchev–Trinajstić information content (AvgIpc) is 2.71. The Bertz CT molecular complexity index is 391. The number of hydrogen-bond acceptors (Lipinski definition) is 2. The average molecular weight is 221 g/mol. The molecular weight excluding hydrogens is 209 g/mol. The van der Waals surface area contributed by atoms with Gasteiger partial charge in [-0.05, 0) is 25.0 Å². The first kappa shape index (κ1) is 10.5. The molecule has 0 amide bonds. The molecule has 78 valence electrons. The van der Waals surface area contributed by atoms with E-state index >= 15 is 0 Å². The lowest BCUT2D eigenvalue weighted by molar-refractivity contribution is 0.600. The minimum Gasteiger partial charge on any atom is -0.206 e. The first-order chi connectivity index (χ1) is 7.26. The van der Waals surface area contributed by atoms with E-state index in [2.05, 4.69) is 6.07 Å². The van der Waals surface area contributed by atoms with Crippen molar-refractivity contribution in [2.75, 3.05) is 0 Å². The maximum absolute atomic E-state index is 13.4. The molecule has 0 N–H and O–H groups in total. The van der Waals surface area contributed by atoms with E-state index in [0.717, 1.165) is 25.7 Å². The Labute approximate surface area is 93.3 Å². The SMILES string of the molecule is N#CC1(Sc2ccccc2F)CCCC1. The number of nitriles is 1. The van der Waals surface area contributed by atoms with Gasteiger partial charge in [0.25, 0.3) is 0 Å². The van der Waals surface area contributed by atoms with Crippen LogP contribution < -0.4 is 0 Å². The van der Waals surface area contributed by atoms with Crippen molar-refractivity contribution in [3.63, 3.8) is 0 Å². The van der Waals surface area contributed by atoms with Crippen molar-refractivity contribution in [1.29, 1.82) is 5.26 Å². The summed E-state index contributed by atoms with van der Waals surface area (Å²) in [6.07, 6.45) is 3.91. The summed E-state index contributed by atoms with van der Waals surface area (Å²) in [6, 6.07) is 9.03. The highest BCUT2D eigenvalue weighted by Crippen LogP contribution is 2.45. The van der Waals surface area contributed by atoms with Crippen LogP contribution in [0.15, 0.2) is 29.2 Å². The molecule has 0 atom stereocenters. The Morgan fingerprint density at radius 1 is 1.27 bits per heavy atom. The summed E-state index contributed by atoms with van der Waals surface area (Å²) in [5, 5.41) is 9.18. The maximum atomic E-state index is 13.4. The van der Waals surface area contributed by atoms with Crippen molar-refractivity contribution in [3.05, 3.63) is 30.1 Å². The van der Waals surface area contributed by atoms with Crippen molar-refractivity contribution >= 4 is 11.8 Å². The minimum absolute atomic E-state index is 0.218. The van der Waals surface area contributed by atoms with Crippen LogP contribution in [-0.4, -0.2) is 4.75 Å². The third-order valence-corrected chi connectivity index (χ3v) is 4.20. The molecule has 0 saturated heterocycles. The van der Waals surface area contributed by atoms with E-state index in [-0.39, 0.29) is 10.6 Å². The predicted octanol–water partition coefficient (Wildman–Crippen LogP) is 3.75. The van der Waals surface area contributed by atoms with Crippen molar-refractivity contribution < 1.29 is 4.39 Å². The second-order valence-electron chi connectivity index (χ2n) is 3.85. The van der Waals surface area contributed by atoms with Gasteiger partial charge in [0.2, 0.25) is 0 Å². The van der Waals surface area contributed by atoms with Crippen molar-refractivity contribution in [2.45, 2.75) is 35.3 Å². The fourth-order valence-electron chi connectivity index (χ4n) is 1.92. The van der Waals surface area contributed by atoms with Gasteiger partial charge in [0.05, 0.1) is 6.07 Å². The molecule has 0 aliphatic heterocycles. The highest BCUT2D eigenvalue weighted by molar-refractivity contribution is 8.01. The standard InChI is InChI=1S/C12H12FNS/c13-10-5-1-2-6-11(10)15-12(9-14)7-3-4-8-12/h1-2,5-6H,3-4,7-8H2. The number of halogens is 1. The second-order valence-corrected chi connectivity index (χ2v) is 5.27. The number of benzene rings is 1. The van der Waals surface area contributed by atoms with E-state index in [9.17, 15) is 9.65 Å². The van der Waals surface area contributed by atoms with Gasteiger partial charge in [-0.15, -0.1) is 11.8 Å². The van der Waals surface area contributed by atoms with Crippen molar-refractivity contribution in [1.82, 2.24) is 0 Å². The number of thioether (sulfide) groups is 1. The molecule has 0 bridgehead atoms. The summed E-state index contributed by atoms with van der Waals surface area (Å²) in [4.78, 5) is 0.598. The summed E-state index contributed by atoms with van der Waals surface area (Å²) < 4.78 is 13.0. The molecule has 1 nitrogen and oxygen atoms in total. The van der Waals surface area contributed by atoms with Crippen LogP contribution in [0.1, 0.15) is 25.7 Å². The Hall–Kier alpha value is -1.01. The van der Waals surface area contributed by atoms with Crippen LogP contribution in [0.3, 0.4) is 0 Å². The van der Waals surface area contributed by atoms with E-state index in [1.807, 2.05) is 6.07 Å². The monoisotopic (exact) mass is 221 g/mol. The van der Waals surface area contributed by atoms with E-state index in [1.165, 1.54) is 17.8 Å². The Morgan fingerprint density at radius 2 is 1.93 bits per heavy atom. The van der Waals surface area contributed by atoms with Gasteiger partial charge in [0.15, 0.2) is 0 Å². The Kier molecular flexibility index (Phi) is 2.97. The van der Waals surface area contributed by atoms with Crippen LogP contribution >= 0.6 is 11.8 Å². The molecule has 1 fully saturated rings. The molecule has 1 aliphatic carbocycles. The molecule has 1 aromatic carbocycles. The Balaban J connectivity index is 2.21. The smallest absolute Gasteiger partial charge is 0.136 e. The first-order valence-electron chi connectivity index (χ1n) is 5.11. The maximum Gasteiger partial charge on any atom is 0.136 e. The van der Waals surface area contributed by atoms with Crippen LogP contribution in [0.2, 0.25) is 0 Å². The molecule has 0 spiro atoms. The number of hydrogen-bond donors (Lipinski definition) is 0. The summed E-state index contributed by atoms with van der Waals surface area (Å²) in [5.74, 6) is -0.218. The molecule has 1 aromatic rings. The Morgan fingerprint density at radius 3 is 2.53 bits per heavy atom. The molecule has 1 aliphatic rings. The van der Waals surface area contributed by atoms with Crippen molar-refractivity contribution in [3.8, 4) is 6.07 Å². The summed E-state index contributed by atoms with van der Waals surface area (Å²) in [7, 11) is 0. The zero-order chi connectivity index (χ0) is 10.7. The van der Waals surface area contributed by atoms with Gasteiger partial charge in [0, 0.05) is 4.90 Å².